The summed E-state index contributed by atoms with van der Waals surface area (Å²) in [4.78, 5) is 14.2. The van der Waals surface area contributed by atoms with E-state index < -0.39 is 17.7 Å². The standard InChI is InChI=1S/C19H21NO4/c1-20(2)14-9-10-15-16(11-14)24-17(13-7-5-4-6-8-13)12-19(15,22)18(21)23-3/h4-11,17,22H,12H2,1-3H3/t17-,19+/m0/s1. The van der Waals surface area contributed by atoms with Gasteiger partial charge in [0.1, 0.15) is 11.9 Å². The van der Waals surface area contributed by atoms with Crippen LogP contribution in [0.5, 0.6) is 5.75 Å². The number of methoxy groups -OCH3 is 1. The van der Waals surface area contributed by atoms with Crippen molar-refractivity contribution in [1.82, 2.24) is 0 Å². The molecular weight excluding hydrogens is 306 g/mol. The predicted octanol–water partition coefficient (Wildman–Crippen LogP) is 2.64. The number of fused-ring (bicyclic) bond motifs is 1. The summed E-state index contributed by atoms with van der Waals surface area (Å²) < 4.78 is 11.0. The van der Waals surface area contributed by atoms with Crippen LogP contribution < -0.4 is 9.64 Å². The first-order valence-electron chi connectivity index (χ1n) is 7.80. The summed E-state index contributed by atoms with van der Waals surface area (Å²) in [6.07, 6.45) is -0.321. The molecule has 2 atom stereocenters. The van der Waals surface area contributed by atoms with Gasteiger partial charge in [-0.15, -0.1) is 0 Å². The lowest BCUT2D eigenvalue weighted by atomic mass is 9.83. The number of hydrogen-bond acceptors (Lipinski definition) is 5. The van der Waals surface area contributed by atoms with Crippen LogP contribution in [0.25, 0.3) is 0 Å². The Bertz CT molecular complexity index is 744. The van der Waals surface area contributed by atoms with E-state index in [0.717, 1.165) is 11.3 Å². The number of carbonyl (C=O) groups excluding carboxylic acids is 1. The van der Waals surface area contributed by atoms with Crippen LogP contribution in [0.3, 0.4) is 0 Å². The highest BCUT2D eigenvalue weighted by Crippen LogP contribution is 2.46. The Morgan fingerprint density at radius 2 is 1.96 bits per heavy atom. The first-order valence-corrected chi connectivity index (χ1v) is 7.80. The van der Waals surface area contributed by atoms with Crippen molar-refractivity contribution in [2.45, 2.75) is 18.1 Å². The van der Waals surface area contributed by atoms with E-state index in [9.17, 15) is 9.90 Å². The maximum absolute atomic E-state index is 12.3. The highest BCUT2D eigenvalue weighted by atomic mass is 16.5. The minimum absolute atomic E-state index is 0.109. The summed E-state index contributed by atoms with van der Waals surface area (Å²) in [5, 5.41) is 11.1. The lowest BCUT2D eigenvalue weighted by Crippen LogP contribution is -2.42. The molecule has 1 aliphatic rings. The number of carbonyl (C=O) groups is 1. The van der Waals surface area contributed by atoms with Gasteiger partial charge in [-0.05, 0) is 17.7 Å². The Morgan fingerprint density at radius 3 is 2.58 bits per heavy atom. The lowest BCUT2D eigenvalue weighted by molar-refractivity contribution is -0.169. The number of esters is 1. The molecule has 1 N–H and O–H groups in total. The topological polar surface area (TPSA) is 59.0 Å². The van der Waals surface area contributed by atoms with Gasteiger partial charge < -0.3 is 19.5 Å². The van der Waals surface area contributed by atoms with Crippen molar-refractivity contribution >= 4 is 11.7 Å². The molecule has 0 unspecified atom stereocenters. The van der Waals surface area contributed by atoms with Crippen molar-refractivity contribution in [3.8, 4) is 5.75 Å². The number of rotatable bonds is 3. The summed E-state index contributed by atoms with van der Waals surface area (Å²) in [7, 11) is 5.12. The number of nitrogens with zero attached hydrogens (tertiary/aromatic N) is 1. The van der Waals surface area contributed by atoms with Crippen LogP contribution in [-0.4, -0.2) is 32.3 Å². The van der Waals surface area contributed by atoms with Crippen molar-refractivity contribution in [3.05, 3.63) is 59.7 Å². The summed E-state index contributed by atoms with van der Waals surface area (Å²) in [5.74, 6) is -0.181. The molecule has 1 aliphatic heterocycles. The molecule has 0 radical (unpaired) electrons. The third kappa shape index (κ3) is 2.71. The molecule has 1 heterocycles. The molecule has 5 nitrogen and oxygen atoms in total. The van der Waals surface area contributed by atoms with Gasteiger partial charge in [0.25, 0.3) is 0 Å². The molecule has 126 valence electrons. The molecule has 0 amide bonds. The first kappa shape index (κ1) is 16.3. The highest BCUT2D eigenvalue weighted by Gasteiger charge is 2.47. The first-order chi connectivity index (χ1) is 11.5. The second-order valence-corrected chi connectivity index (χ2v) is 6.15. The molecule has 0 spiro atoms. The summed E-state index contributed by atoms with van der Waals surface area (Å²) in [6.45, 7) is 0. The molecule has 0 bridgehead atoms. The van der Waals surface area contributed by atoms with Crippen molar-refractivity contribution in [2.24, 2.45) is 0 Å². The van der Waals surface area contributed by atoms with Gasteiger partial charge in [-0.3, -0.25) is 0 Å². The van der Waals surface area contributed by atoms with Crippen molar-refractivity contribution < 1.29 is 19.4 Å². The number of benzene rings is 2. The van der Waals surface area contributed by atoms with E-state index in [1.54, 1.807) is 6.07 Å². The quantitative estimate of drug-likeness (QED) is 0.878. The fourth-order valence-electron chi connectivity index (χ4n) is 3.02. The van der Waals surface area contributed by atoms with E-state index in [1.807, 2.05) is 61.5 Å². The van der Waals surface area contributed by atoms with Crippen molar-refractivity contribution in [2.75, 3.05) is 26.1 Å². The highest BCUT2D eigenvalue weighted by molar-refractivity contribution is 5.83. The predicted molar refractivity (Wildman–Crippen MR) is 91.1 cm³/mol. The van der Waals surface area contributed by atoms with Crippen LogP contribution in [0.15, 0.2) is 48.5 Å². The number of aliphatic hydroxyl groups is 1. The van der Waals surface area contributed by atoms with Gasteiger partial charge in [0, 0.05) is 37.8 Å². The van der Waals surface area contributed by atoms with Crippen LogP contribution in [0.1, 0.15) is 23.7 Å². The zero-order valence-electron chi connectivity index (χ0n) is 14.0. The SMILES string of the molecule is COC(=O)[C@@]1(O)C[C@@H](c2ccccc2)Oc2cc(N(C)C)ccc21. The molecule has 0 aromatic heterocycles. The molecule has 0 saturated heterocycles. The van der Waals surface area contributed by atoms with E-state index >= 15 is 0 Å². The summed E-state index contributed by atoms with van der Waals surface area (Å²) in [6, 6.07) is 15.0. The van der Waals surface area contributed by atoms with Gasteiger partial charge in [-0.25, -0.2) is 4.79 Å². The minimum Gasteiger partial charge on any atom is -0.485 e. The molecule has 0 saturated carbocycles. The molecule has 0 fully saturated rings. The van der Waals surface area contributed by atoms with Gasteiger partial charge in [-0.2, -0.15) is 0 Å². The van der Waals surface area contributed by atoms with Gasteiger partial charge in [0.05, 0.1) is 7.11 Å². The summed E-state index contributed by atoms with van der Waals surface area (Å²) >= 11 is 0. The van der Waals surface area contributed by atoms with Crippen molar-refractivity contribution in [3.63, 3.8) is 0 Å². The van der Waals surface area contributed by atoms with E-state index in [0.29, 0.717) is 11.3 Å². The number of ether oxygens (including phenoxy) is 2. The van der Waals surface area contributed by atoms with E-state index in [1.165, 1.54) is 7.11 Å². The molecule has 5 heteroatoms. The van der Waals surface area contributed by atoms with Gasteiger partial charge in [0.2, 0.25) is 0 Å². The Kier molecular flexibility index (Phi) is 4.20. The number of anilines is 1. The lowest BCUT2D eigenvalue weighted by Gasteiger charge is -2.37. The van der Waals surface area contributed by atoms with E-state index in [2.05, 4.69) is 0 Å². The van der Waals surface area contributed by atoms with E-state index in [4.69, 9.17) is 9.47 Å². The molecule has 24 heavy (non-hydrogen) atoms. The zero-order chi connectivity index (χ0) is 17.3. The largest absolute Gasteiger partial charge is 0.485 e. The second kappa shape index (κ2) is 6.17. The van der Waals surface area contributed by atoms with Crippen LogP contribution in [0.2, 0.25) is 0 Å². The average molecular weight is 327 g/mol. The Morgan fingerprint density at radius 1 is 1.25 bits per heavy atom. The minimum atomic E-state index is -1.73. The zero-order valence-corrected chi connectivity index (χ0v) is 14.0. The molecule has 2 aromatic carbocycles. The normalized spacial score (nSPS) is 22.2. The average Bonchev–Trinajstić information content (AvgIpc) is 2.61. The molecule has 3 rings (SSSR count). The summed E-state index contributed by atoms with van der Waals surface area (Å²) in [5.41, 5.74) is 0.538. The third-order valence-corrected chi connectivity index (χ3v) is 4.37. The van der Waals surface area contributed by atoms with Crippen LogP contribution in [0.4, 0.5) is 5.69 Å². The third-order valence-electron chi connectivity index (χ3n) is 4.37. The number of hydrogen-bond donors (Lipinski definition) is 1. The Hall–Kier alpha value is -2.53. The van der Waals surface area contributed by atoms with Crippen LogP contribution >= 0.6 is 0 Å². The van der Waals surface area contributed by atoms with Crippen molar-refractivity contribution in [1.29, 1.82) is 0 Å². The van der Waals surface area contributed by atoms with Gasteiger partial charge in [-0.1, -0.05) is 30.3 Å². The van der Waals surface area contributed by atoms with Gasteiger partial charge in [0.15, 0.2) is 5.60 Å². The maximum atomic E-state index is 12.3. The molecular formula is C19H21NO4. The van der Waals surface area contributed by atoms with Crippen LogP contribution in [-0.2, 0) is 15.1 Å². The van der Waals surface area contributed by atoms with Gasteiger partial charge >= 0.3 is 5.97 Å². The molecule has 2 aromatic rings. The fourth-order valence-corrected chi connectivity index (χ4v) is 3.02. The van der Waals surface area contributed by atoms with E-state index in [-0.39, 0.29) is 6.42 Å². The van der Waals surface area contributed by atoms with Crippen LogP contribution in [0, 0.1) is 0 Å². The monoisotopic (exact) mass is 327 g/mol. The Labute approximate surface area is 141 Å². The Balaban J connectivity index is 2.10. The molecule has 0 aliphatic carbocycles. The fraction of sp³-hybridized carbons (Fsp3) is 0.316. The smallest absolute Gasteiger partial charge is 0.342 e. The maximum Gasteiger partial charge on any atom is 0.342 e. The second-order valence-electron chi connectivity index (χ2n) is 6.15.